The van der Waals surface area contributed by atoms with E-state index in [2.05, 4.69) is 20.0 Å². The molecule has 1 aliphatic carbocycles. The van der Waals surface area contributed by atoms with E-state index >= 15 is 0 Å². The van der Waals surface area contributed by atoms with Crippen molar-refractivity contribution in [2.75, 3.05) is 13.7 Å². The number of rotatable bonds is 7. The summed E-state index contributed by atoms with van der Waals surface area (Å²) in [6, 6.07) is 5.48. The lowest BCUT2D eigenvalue weighted by molar-refractivity contribution is -0.154. The number of alkyl halides is 3. The predicted molar refractivity (Wildman–Crippen MR) is 98.7 cm³/mol. The Balaban J connectivity index is 1.54. The molecule has 0 unspecified atom stereocenters. The van der Waals surface area contributed by atoms with Gasteiger partial charge in [-0.15, -0.1) is 0 Å². The molecule has 0 radical (unpaired) electrons. The molecular formula is C20H22F3N3O3. The lowest BCUT2D eigenvalue weighted by Gasteiger charge is -2.14. The van der Waals surface area contributed by atoms with Crippen LogP contribution < -0.4 is 14.8 Å². The first-order valence-electron chi connectivity index (χ1n) is 9.14. The number of methoxy groups -OCH3 is 1. The minimum Gasteiger partial charge on any atom is -0.496 e. The molecule has 29 heavy (non-hydrogen) atoms. The fraction of sp³-hybridized carbons (Fsp3) is 0.450. The first-order valence-corrected chi connectivity index (χ1v) is 9.14. The van der Waals surface area contributed by atoms with E-state index in [4.69, 9.17) is 4.74 Å². The van der Waals surface area contributed by atoms with Crippen molar-refractivity contribution in [1.29, 1.82) is 0 Å². The third-order valence-electron chi connectivity index (χ3n) is 4.81. The van der Waals surface area contributed by atoms with Crippen molar-refractivity contribution in [3.8, 4) is 11.6 Å². The van der Waals surface area contributed by atoms with Crippen molar-refractivity contribution >= 4 is 5.91 Å². The highest BCUT2D eigenvalue weighted by atomic mass is 19.4. The first kappa shape index (κ1) is 20.9. The maximum absolute atomic E-state index is 12.5. The van der Waals surface area contributed by atoms with Crippen molar-refractivity contribution in [3.05, 3.63) is 47.4 Å². The molecule has 2 aromatic rings. The molecule has 1 N–H and O–H groups in total. The van der Waals surface area contributed by atoms with Gasteiger partial charge in [-0.3, -0.25) is 9.78 Å². The number of nitrogens with one attached hydrogen (secondary N) is 1. The normalized spacial score (nSPS) is 19.4. The van der Waals surface area contributed by atoms with Crippen LogP contribution in [0.4, 0.5) is 13.2 Å². The van der Waals surface area contributed by atoms with Gasteiger partial charge in [0.2, 0.25) is 11.8 Å². The second-order valence-electron chi connectivity index (χ2n) is 7.09. The fourth-order valence-corrected chi connectivity index (χ4v) is 3.16. The zero-order valence-corrected chi connectivity index (χ0v) is 16.3. The van der Waals surface area contributed by atoms with Gasteiger partial charge in [0.15, 0.2) is 6.61 Å². The first-order chi connectivity index (χ1) is 13.7. The van der Waals surface area contributed by atoms with E-state index in [9.17, 15) is 18.0 Å². The zero-order chi connectivity index (χ0) is 21.2. The summed E-state index contributed by atoms with van der Waals surface area (Å²) in [5.74, 6) is 0.547. The van der Waals surface area contributed by atoms with Crippen LogP contribution in [0.5, 0.6) is 11.6 Å². The Bertz CT molecular complexity index is 872. The summed E-state index contributed by atoms with van der Waals surface area (Å²) in [4.78, 5) is 20.4. The van der Waals surface area contributed by atoms with Crippen LogP contribution in [-0.4, -0.2) is 35.8 Å². The van der Waals surface area contributed by atoms with Crippen LogP contribution in [0.1, 0.15) is 42.1 Å². The monoisotopic (exact) mass is 409 g/mol. The van der Waals surface area contributed by atoms with Crippen molar-refractivity contribution < 1.29 is 27.4 Å². The maximum Gasteiger partial charge on any atom is 0.422 e. The fourth-order valence-electron chi connectivity index (χ4n) is 3.16. The van der Waals surface area contributed by atoms with Gasteiger partial charge in [-0.1, -0.05) is 12.1 Å². The van der Waals surface area contributed by atoms with Gasteiger partial charge in [-0.25, -0.2) is 4.98 Å². The summed E-state index contributed by atoms with van der Waals surface area (Å²) in [6.45, 7) is 2.27. The van der Waals surface area contributed by atoms with E-state index in [1.165, 1.54) is 6.20 Å². The highest BCUT2D eigenvalue weighted by Gasteiger charge is 2.44. The number of carbonyl (C=O) groups is 1. The zero-order valence-electron chi connectivity index (χ0n) is 16.3. The Labute approximate surface area is 166 Å². The molecule has 3 rings (SSSR count). The Kier molecular flexibility index (Phi) is 5.95. The topological polar surface area (TPSA) is 73.3 Å². The molecule has 0 spiro atoms. The van der Waals surface area contributed by atoms with E-state index in [-0.39, 0.29) is 23.6 Å². The molecule has 0 bridgehead atoms. The van der Waals surface area contributed by atoms with Gasteiger partial charge >= 0.3 is 6.18 Å². The smallest absolute Gasteiger partial charge is 0.422 e. The molecule has 9 heteroatoms. The van der Waals surface area contributed by atoms with Crippen molar-refractivity contribution in [3.63, 3.8) is 0 Å². The Morgan fingerprint density at radius 2 is 2.07 bits per heavy atom. The standard InChI is InChI=1S/C20H22F3N3O3/c1-11-6-13(4-5-17(11)28-3)14-7-15(14)19(27)26-12(2)16-8-25-18(9-24-16)29-10-20(21,22)23/h4-6,8-9,12,14-15H,7,10H2,1-3H3,(H,26,27)/t12-,14+,15-/m1/s1. The molecule has 1 saturated carbocycles. The maximum atomic E-state index is 12.5. The van der Waals surface area contributed by atoms with E-state index in [1.54, 1.807) is 14.0 Å². The van der Waals surface area contributed by atoms with Crippen LogP contribution in [0, 0.1) is 12.8 Å². The second-order valence-corrected chi connectivity index (χ2v) is 7.09. The number of halogens is 3. The third-order valence-corrected chi connectivity index (χ3v) is 4.81. The summed E-state index contributed by atoms with van der Waals surface area (Å²) in [5.41, 5.74) is 2.56. The summed E-state index contributed by atoms with van der Waals surface area (Å²) >= 11 is 0. The second kappa shape index (κ2) is 8.26. The number of nitrogens with zero attached hydrogens (tertiary/aromatic N) is 2. The molecule has 1 aliphatic rings. The Hall–Kier alpha value is -2.84. The molecule has 1 fully saturated rings. The largest absolute Gasteiger partial charge is 0.496 e. The molecule has 1 amide bonds. The Morgan fingerprint density at radius 1 is 1.31 bits per heavy atom. The summed E-state index contributed by atoms with van der Waals surface area (Å²) < 4.78 is 46.3. The molecule has 156 valence electrons. The highest BCUT2D eigenvalue weighted by molar-refractivity contribution is 5.83. The van der Waals surface area contributed by atoms with Crippen molar-refractivity contribution in [2.45, 2.75) is 38.4 Å². The van der Waals surface area contributed by atoms with Crippen LogP contribution in [-0.2, 0) is 4.79 Å². The average Bonchev–Trinajstić information content (AvgIpc) is 3.47. The lowest BCUT2D eigenvalue weighted by Crippen LogP contribution is -2.29. The van der Waals surface area contributed by atoms with E-state index in [1.807, 2.05) is 25.1 Å². The van der Waals surface area contributed by atoms with Crippen molar-refractivity contribution in [2.24, 2.45) is 5.92 Å². The molecule has 1 heterocycles. The average molecular weight is 409 g/mol. The van der Waals surface area contributed by atoms with Gasteiger partial charge in [0.1, 0.15) is 5.75 Å². The summed E-state index contributed by atoms with van der Waals surface area (Å²) in [5, 5.41) is 2.88. The summed E-state index contributed by atoms with van der Waals surface area (Å²) in [6.07, 6.45) is -1.26. The molecule has 0 aliphatic heterocycles. The molecule has 1 aromatic carbocycles. The molecule has 1 aromatic heterocycles. The van der Waals surface area contributed by atoms with Crippen LogP contribution >= 0.6 is 0 Å². The number of aromatic nitrogens is 2. The van der Waals surface area contributed by atoms with Gasteiger partial charge in [0.05, 0.1) is 31.2 Å². The van der Waals surface area contributed by atoms with Crippen molar-refractivity contribution in [1.82, 2.24) is 15.3 Å². The van der Waals surface area contributed by atoms with Gasteiger partial charge in [-0.05, 0) is 43.4 Å². The lowest BCUT2D eigenvalue weighted by atomic mass is 10.1. The third kappa shape index (κ3) is 5.36. The van der Waals surface area contributed by atoms with E-state index in [0.29, 0.717) is 5.69 Å². The molecule has 0 saturated heterocycles. The molecule has 6 nitrogen and oxygen atoms in total. The van der Waals surface area contributed by atoms with E-state index < -0.39 is 18.8 Å². The minimum absolute atomic E-state index is 0.0878. The number of ether oxygens (including phenoxy) is 2. The molecule has 3 atom stereocenters. The SMILES string of the molecule is COc1ccc([C@@H]2C[C@H]2C(=O)N[C@H](C)c2cnc(OCC(F)(F)F)cn2)cc1C. The van der Waals surface area contributed by atoms with Gasteiger partial charge < -0.3 is 14.8 Å². The van der Waals surface area contributed by atoms with Crippen LogP contribution in [0.2, 0.25) is 0 Å². The van der Waals surface area contributed by atoms with Gasteiger partial charge in [-0.2, -0.15) is 13.2 Å². The number of benzene rings is 1. The van der Waals surface area contributed by atoms with Gasteiger partial charge in [0.25, 0.3) is 0 Å². The highest BCUT2D eigenvalue weighted by Crippen LogP contribution is 2.48. The minimum atomic E-state index is -4.44. The summed E-state index contributed by atoms with van der Waals surface area (Å²) in [7, 11) is 1.62. The van der Waals surface area contributed by atoms with Crippen LogP contribution in [0.15, 0.2) is 30.6 Å². The number of carbonyl (C=O) groups excluding carboxylic acids is 1. The Morgan fingerprint density at radius 3 is 2.66 bits per heavy atom. The predicted octanol–water partition coefficient (Wildman–Crippen LogP) is 3.72. The number of amides is 1. The number of hydrogen-bond acceptors (Lipinski definition) is 5. The van der Waals surface area contributed by atoms with Crippen LogP contribution in [0.3, 0.4) is 0 Å². The van der Waals surface area contributed by atoms with Crippen LogP contribution in [0.25, 0.3) is 0 Å². The number of hydrogen-bond donors (Lipinski definition) is 1. The number of aryl methyl sites for hydroxylation is 1. The quantitative estimate of drug-likeness (QED) is 0.755. The van der Waals surface area contributed by atoms with Gasteiger partial charge in [0, 0.05) is 5.92 Å². The molecular weight excluding hydrogens is 387 g/mol. The van der Waals surface area contributed by atoms with E-state index in [0.717, 1.165) is 29.5 Å².